The monoisotopic (exact) mass is 974 g/mol. The molecule has 68 heavy (non-hydrogen) atoms. The average Bonchev–Trinajstić information content (AvgIpc) is 4.05. The fourth-order valence-electron chi connectivity index (χ4n) is 8.65. The summed E-state index contributed by atoms with van der Waals surface area (Å²) in [6.07, 6.45) is 10.8. The van der Waals surface area contributed by atoms with E-state index in [9.17, 15) is 19.2 Å². The van der Waals surface area contributed by atoms with Gasteiger partial charge in [-0.25, -0.2) is 24.5 Å². The maximum Gasteiger partial charge on any atom is 0.331 e. The molecular formula is C51H62N10O4S3. The summed E-state index contributed by atoms with van der Waals surface area (Å²) in [5.41, 5.74) is 6.62. The van der Waals surface area contributed by atoms with Crippen molar-refractivity contribution in [1.82, 2.24) is 47.8 Å². The molecule has 0 bridgehead atoms. The van der Waals surface area contributed by atoms with Crippen molar-refractivity contribution in [3.05, 3.63) is 138 Å². The van der Waals surface area contributed by atoms with Crippen molar-refractivity contribution >= 4 is 68.4 Å². The zero-order valence-corrected chi connectivity index (χ0v) is 41.6. The molecule has 0 aliphatic heterocycles. The van der Waals surface area contributed by atoms with E-state index in [-0.39, 0.29) is 22.5 Å². The molecule has 14 nitrogen and oxygen atoms in total. The van der Waals surface area contributed by atoms with E-state index in [4.69, 9.17) is 4.98 Å². The Labute approximate surface area is 408 Å². The third-order valence-corrected chi connectivity index (χ3v) is 15.4. The van der Waals surface area contributed by atoms with Gasteiger partial charge in [0.1, 0.15) is 0 Å². The minimum atomic E-state index is -0.235. The van der Waals surface area contributed by atoms with Crippen molar-refractivity contribution in [1.29, 1.82) is 0 Å². The molecule has 2 N–H and O–H groups in total. The number of para-hydroxylation sites is 6. The van der Waals surface area contributed by atoms with Gasteiger partial charge in [-0.3, -0.25) is 27.9 Å². The van der Waals surface area contributed by atoms with Crippen molar-refractivity contribution in [2.24, 2.45) is 0 Å². The number of hydrogen-bond donors (Lipinski definition) is 2. The number of aromatic nitrogens is 10. The van der Waals surface area contributed by atoms with Gasteiger partial charge in [0.25, 0.3) is 11.1 Å². The molecule has 0 fully saturated rings. The van der Waals surface area contributed by atoms with E-state index >= 15 is 0 Å². The predicted molar refractivity (Wildman–Crippen MR) is 279 cm³/mol. The molecule has 3 aromatic carbocycles. The van der Waals surface area contributed by atoms with Gasteiger partial charge in [0, 0.05) is 73.5 Å². The van der Waals surface area contributed by atoms with E-state index in [0.717, 1.165) is 149 Å². The highest BCUT2D eigenvalue weighted by Crippen LogP contribution is 2.26. The van der Waals surface area contributed by atoms with Crippen molar-refractivity contribution in [2.75, 3.05) is 17.3 Å². The highest BCUT2D eigenvalue weighted by atomic mass is 32.2. The van der Waals surface area contributed by atoms with Crippen LogP contribution in [-0.2, 0) is 32.7 Å². The third kappa shape index (κ3) is 12.6. The number of rotatable bonds is 27. The molecule has 0 saturated carbocycles. The van der Waals surface area contributed by atoms with Crippen molar-refractivity contribution in [3.63, 3.8) is 0 Å². The first-order valence-electron chi connectivity index (χ1n) is 24.1. The Hall–Kier alpha value is -5.52. The predicted octanol–water partition coefficient (Wildman–Crippen LogP) is 9.81. The molecule has 0 saturated heterocycles. The van der Waals surface area contributed by atoms with Crippen LogP contribution in [0.15, 0.2) is 120 Å². The molecule has 5 heterocycles. The van der Waals surface area contributed by atoms with Crippen LogP contribution < -0.4 is 22.5 Å². The van der Waals surface area contributed by atoms with Crippen LogP contribution in [0, 0.1) is 13.8 Å². The molecule has 358 valence electrons. The molecule has 0 amide bonds. The number of nitrogens with zero attached hydrogens (tertiary/aromatic N) is 8. The lowest BCUT2D eigenvalue weighted by Crippen LogP contribution is -2.40. The van der Waals surface area contributed by atoms with Gasteiger partial charge in [0.2, 0.25) is 0 Å². The summed E-state index contributed by atoms with van der Waals surface area (Å²) < 4.78 is 8.59. The molecule has 0 atom stereocenters. The first kappa shape index (κ1) is 48.9. The Morgan fingerprint density at radius 2 is 0.824 bits per heavy atom. The molecule has 17 heteroatoms. The van der Waals surface area contributed by atoms with Crippen LogP contribution in [0.1, 0.15) is 88.4 Å². The minimum Gasteiger partial charge on any atom is -0.333 e. The average molecular weight is 975 g/mol. The fourth-order valence-corrected chi connectivity index (χ4v) is 11.5. The molecule has 0 radical (unpaired) electrons. The standard InChI is InChI=1S/C51H62N10O4S3/c1-37-35-45(62)60(50(64)57(37)27-15-4-18-32-66-47-52-39-21-7-8-22-40(39)53-47)30-14-3-13-29-59-44-26-12-11-25-43(44)56-49(59)68-34-20-6-17-31-61-46(63)36-38(2)58(51(61)65)28-16-5-19-33-67-48-54-41-23-9-10-24-42(41)55-48/h7-12,21-26,35-36H,3-6,13-20,27-34H2,1-2H3,(H,52,53)(H,54,55). The molecule has 5 aromatic heterocycles. The Morgan fingerprint density at radius 1 is 0.426 bits per heavy atom. The van der Waals surface area contributed by atoms with Crippen LogP contribution >= 0.6 is 35.3 Å². The van der Waals surface area contributed by atoms with E-state index in [1.165, 1.54) is 9.13 Å². The summed E-state index contributed by atoms with van der Waals surface area (Å²) >= 11 is 5.18. The summed E-state index contributed by atoms with van der Waals surface area (Å²) in [5.74, 6) is 2.76. The Kier molecular flexibility index (Phi) is 17.4. The summed E-state index contributed by atoms with van der Waals surface area (Å²) in [7, 11) is 0. The minimum absolute atomic E-state index is 0.217. The number of aryl methyl sites for hydroxylation is 3. The van der Waals surface area contributed by atoms with E-state index in [0.29, 0.717) is 37.6 Å². The summed E-state index contributed by atoms with van der Waals surface area (Å²) in [6.45, 7) is 6.46. The van der Waals surface area contributed by atoms with E-state index in [1.807, 2.05) is 80.6 Å². The summed E-state index contributed by atoms with van der Waals surface area (Å²) in [4.78, 5) is 73.8. The van der Waals surface area contributed by atoms with E-state index in [2.05, 4.69) is 30.6 Å². The molecule has 0 aliphatic carbocycles. The van der Waals surface area contributed by atoms with Gasteiger partial charge >= 0.3 is 11.4 Å². The van der Waals surface area contributed by atoms with Crippen LogP contribution in [-0.4, -0.2) is 65.0 Å². The van der Waals surface area contributed by atoms with E-state index in [1.54, 1.807) is 56.6 Å². The number of nitrogens with one attached hydrogen (secondary N) is 2. The highest BCUT2D eigenvalue weighted by molar-refractivity contribution is 7.99. The molecule has 0 aliphatic rings. The second-order valence-electron chi connectivity index (χ2n) is 17.4. The Morgan fingerprint density at radius 3 is 1.31 bits per heavy atom. The number of benzene rings is 3. The van der Waals surface area contributed by atoms with Crippen LogP contribution in [0.5, 0.6) is 0 Å². The fraction of sp³-hybridized carbons (Fsp3) is 0.431. The topological polar surface area (TPSA) is 163 Å². The third-order valence-electron chi connectivity index (χ3n) is 12.4. The van der Waals surface area contributed by atoms with Crippen LogP contribution in [0.3, 0.4) is 0 Å². The molecule has 0 unspecified atom stereocenters. The van der Waals surface area contributed by atoms with Gasteiger partial charge in [0.05, 0.1) is 33.1 Å². The largest absolute Gasteiger partial charge is 0.333 e. The summed E-state index contributed by atoms with van der Waals surface area (Å²) in [6, 6.07) is 27.5. The number of H-pyrrole nitrogens is 2. The lowest BCUT2D eigenvalue weighted by molar-refractivity contribution is 0.483. The molecule has 0 spiro atoms. The zero-order chi connectivity index (χ0) is 47.2. The highest BCUT2D eigenvalue weighted by Gasteiger charge is 2.14. The summed E-state index contributed by atoms with van der Waals surface area (Å²) in [5, 5.41) is 2.84. The SMILES string of the molecule is Cc1cc(=O)n(CCCCCSc2nc3ccccc3n2CCCCCn2c(=O)cc(C)n(CCCCCSc3nc4ccccc4[nH]3)c2=O)c(=O)n1CCCCCSc1nc2ccccc2[nH]1. The van der Waals surface area contributed by atoms with Gasteiger partial charge in [0.15, 0.2) is 15.5 Å². The lowest BCUT2D eigenvalue weighted by Gasteiger charge is -2.13. The quantitative estimate of drug-likeness (QED) is 0.0375. The van der Waals surface area contributed by atoms with Gasteiger partial charge in [-0.2, -0.15) is 0 Å². The lowest BCUT2D eigenvalue weighted by atomic mass is 10.2. The Balaban J connectivity index is 0.745. The van der Waals surface area contributed by atoms with Crippen LogP contribution in [0.25, 0.3) is 33.1 Å². The van der Waals surface area contributed by atoms with Crippen molar-refractivity contribution in [2.45, 2.75) is 139 Å². The maximum atomic E-state index is 13.5. The van der Waals surface area contributed by atoms with E-state index < -0.39 is 0 Å². The van der Waals surface area contributed by atoms with Crippen LogP contribution in [0.2, 0.25) is 0 Å². The zero-order valence-electron chi connectivity index (χ0n) is 39.2. The number of imidazole rings is 3. The van der Waals surface area contributed by atoms with Gasteiger partial charge in [-0.05, 0) is 108 Å². The number of unbranched alkanes of at least 4 members (excludes halogenated alkanes) is 8. The van der Waals surface area contributed by atoms with Gasteiger partial charge in [-0.1, -0.05) is 90.9 Å². The van der Waals surface area contributed by atoms with Crippen molar-refractivity contribution in [3.8, 4) is 0 Å². The first-order valence-corrected chi connectivity index (χ1v) is 27.0. The number of hydrogen-bond acceptors (Lipinski definition) is 10. The molecular weight excluding hydrogens is 913 g/mol. The van der Waals surface area contributed by atoms with Gasteiger partial charge in [-0.15, -0.1) is 0 Å². The second kappa shape index (κ2) is 24.2. The van der Waals surface area contributed by atoms with Crippen molar-refractivity contribution < 1.29 is 0 Å². The number of aromatic amines is 2. The number of thioether (sulfide) groups is 3. The number of fused-ring (bicyclic) bond motifs is 3. The maximum absolute atomic E-state index is 13.5. The van der Waals surface area contributed by atoms with Crippen LogP contribution in [0.4, 0.5) is 0 Å². The van der Waals surface area contributed by atoms with Gasteiger partial charge < -0.3 is 14.5 Å². The molecule has 8 rings (SSSR count). The normalized spacial score (nSPS) is 11.8. The Bertz CT molecular complexity index is 3110. The molecule has 8 aromatic rings. The second-order valence-corrected chi connectivity index (χ2v) is 20.6. The first-order chi connectivity index (χ1) is 33.2. The smallest absolute Gasteiger partial charge is 0.331 e.